The lowest BCUT2D eigenvalue weighted by Crippen LogP contribution is -2.43. The van der Waals surface area contributed by atoms with Gasteiger partial charge in [-0.25, -0.2) is 0 Å². The van der Waals surface area contributed by atoms with Gasteiger partial charge in [-0.3, -0.25) is 0 Å². The van der Waals surface area contributed by atoms with Gasteiger partial charge >= 0.3 is 0 Å². The van der Waals surface area contributed by atoms with Gasteiger partial charge in [-0.2, -0.15) is 0 Å². The van der Waals surface area contributed by atoms with Crippen molar-refractivity contribution < 1.29 is 0 Å². The lowest BCUT2D eigenvalue weighted by Gasteiger charge is -2.34. The molecule has 1 N–H and O–H groups in total. The van der Waals surface area contributed by atoms with Gasteiger partial charge in [-0.1, -0.05) is 13.0 Å². The molecule has 2 aliphatic rings. The standard InChI is InChI=1S/C15H24N2S/c1-2-17-9-7-13(8-10-17)16-15(12-5-6-12)14-4-3-11-18-14/h3-4,11-13,15-16H,2,5-10H2,1H3. The van der Waals surface area contributed by atoms with E-state index >= 15 is 0 Å². The highest BCUT2D eigenvalue weighted by Crippen LogP contribution is 2.42. The van der Waals surface area contributed by atoms with Gasteiger partial charge in [0.25, 0.3) is 0 Å². The van der Waals surface area contributed by atoms with Crippen LogP contribution in [0.15, 0.2) is 17.5 Å². The van der Waals surface area contributed by atoms with Gasteiger partial charge in [0.05, 0.1) is 0 Å². The Balaban J connectivity index is 1.57. The zero-order valence-electron chi connectivity index (χ0n) is 11.3. The fourth-order valence-electron chi connectivity index (χ4n) is 3.02. The van der Waals surface area contributed by atoms with Crippen LogP contribution in [-0.4, -0.2) is 30.6 Å². The number of thiophene rings is 1. The van der Waals surface area contributed by atoms with Crippen molar-refractivity contribution in [2.24, 2.45) is 5.92 Å². The zero-order valence-corrected chi connectivity index (χ0v) is 12.1. The molecule has 0 radical (unpaired) electrons. The molecule has 2 heterocycles. The molecule has 2 nitrogen and oxygen atoms in total. The maximum absolute atomic E-state index is 3.95. The molecule has 3 heteroatoms. The molecule has 1 saturated heterocycles. The van der Waals surface area contributed by atoms with E-state index in [1.807, 2.05) is 11.3 Å². The second-order valence-corrected chi connectivity index (χ2v) is 6.68. The Kier molecular flexibility index (Phi) is 4.02. The first kappa shape index (κ1) is 12.6. The smallest absolute Gasteiger partial charge is 0.0445 e. The van der Waals surface area contributed by atoms with E-state index in [0.717, 1.165) is 12.0 Å². The first-order valence-corrected chi connectivity index (χ1v) is 8.26. The van der Waals surface area contributed by atoms with E-state index in [0.29, 0.717) is 6.04 Å². The number of hydrogen-bond donors (Lipinski definition) is 1. The van der Waals surface area contributed by atoms with Gasteiger partial charge in [0, 0.05) is 17.0 Å². The molecule has 1 aliphatic heterocycles. The average Bonchev–Trinajstić information content (AvgIpc) is 3.11. The highest BCUT2D eigenvalue weighted by Gasteiger charge is 2.34. The van der Waals surface area contributed by atoms with Gasteiger partial charge in [0.2, 0.25) is 0 Å². The van der Waals surface area contributed by atoms with E-state index in [9.17, 15) is 0 Å². The number of rotatable bonds is 5. The van der Waals surface area contributed by atoms with Crippen LogP contribution in [0.25, 0.3) is 0 Å². The van der Waals surface area contributed by atoms with Crippen molar-refractivity contribution in [2.75, 3.05) is 19.6 Å². The van der Waals surface area contributed by atoms with Crippen molar-refractivity contribution in [1.29, 1.82) is 0 Å². The number of hydrogen-bond acceptors (Lipinski definition) is 3. The highest BCUT2D eigenvalue weighted by molar-refractivity contribution is 7.10. The third-order valence-corrected chi connectivity index (χ3v) is 5.35. The number of nitrogens with one attached hydrogen (secondary N) is 1. The van der Waals surface area contributed by atoms with Crippen LogP contribution in [0.4, 0.5) is 0 Å². The molecule has 1 aliphatic carbocycles. The van der Waals surface area contributed by atoms with Gasteiger partial charge in [0.1, 0.15) is 0 Å². The molecule has 0 bridgehead atoms. The molecule has 0 spiro atoms. The van der Waals surface area contributed by atoms with Gasteiger partial charge in [-0.05, 0) is 62.7 Å². The molecule has 0 amide bonds. The molecule has 3 rings (SSSR count). The Morgan fingerprint density at radius 3 is 2.67 bits per heavy atom. The van der Waals surface area contributed by atoms with E-state index in [-0.39, 0.29) is 0 Å². The predicted octanol–water partition coefficient (Wildman–Crippen LogP) is 3.27. The molecule has 1 aromatic heterocycles. The van der Waals surface area contributed by atoms with Crippen LogP contribution in [0.5, 0.6) is 0 Å². The van der Waals surface area contributed by atoms with Crippen LogP contribution < -0.4 is 5.32 Å². The summed E-state index contributed by atoms with van der Waals surface area (Å²) < 4.78 is 0. The van der Waals surface area contributed by atoms with Crippen LogP contribution >= 0.6 is 11.3 Å². The predicted molar refractivity (Wildman–Crippen MR) is 78.1 cm³/mol. The van der Waals surface area contributed by atoms with E-state index in [1.54, 1.807) is 4.88 Å². The summed E-state index contributed by atoms with van der Waals surface area (Å²) in [5.74, 6) is 0.910. The summed E-state index contributed by atoms with van der Waals surface area (Å²) in [5, 5.41) is 6.16. The molecule has 0 aromatic carbocycles. The molecule has 100 valence electrons. The minimum Gasteiger partial charge on any atom is -0.306 e. The maximum Gasteiger partial charge on any atom is 0.0445 e. The van der Waals surface area contributed by atoms with E-state index in [1.165, 1.54) is 45.3 Å². The number of piperidine rings is 1. The summed E-state index contributed by atoms with van der Waals surface area (Å²) in [7, 11) is 0. The van der Waals surface area contributed by atoms with Crippen molar-refractivity contribution in [3.05, 3.63) is 22.4 Å². The molecular formula is C15H24N2S. The third kappa shape index (κ3) is 2.95. The zero-order chi connectivity index (χ0) is 12.4. The van der Waals surface area contributed by atoms with Crippen LogP contribution in [0.3, 0.4) is 0 Å². The normalized spacial score (nSPS) is 24.3. The van der Waals surface area contributed by atoms with Gasteiger partial charge in [0.15, 0.2) is 0 Å². The first-order chi connectivity index (χ1) is 8.86. The minimum atomic E-state index is 0.642. The fourth-order valence-corrected chi connectivity index (χ4v) is 3.90. The summed E-state index contributed by atoms with van der Waals surface area (Å²) in [5.41, 5.74) is 0. The average molecular weight is 264 g/mol. The van der Waals surface area contributed by atoms with Gasteiger partial charge in [-0.15, -0.1) is 11.3 Å². The highest BCUT2D eigenvalue weighted by atomic mass is 32.1. The summed E-state index contributed by atoms with van der Waals surface area (Å²) in [6.45, 7) is 6.03. The third-order valence-electron chi connectivity index (χ3n) is 4.39. The first-order valence-electron chi connectivity index (χ1n) is 7.38. The van der Waals surface area contributed by atoms with E-state index in [4.69, 9.17) is 0 Å². The number of nitrogens with zero attached hydrogens (tertiary/aromatic N) is 1. The SMILES string of the molecule is CCN1CCC(NC(c2cccs2)C2CC2)CC1. The topological polar surface area (TPSA) is 15.3 Å². The van der Waals surface area contributed by atoms with Crippen molar-refractivity contribution in [1.82, 2.24) is 10.2 Å². The van der Waals surface area contributed by atoms with Crippen molar-refractivity contribution in [3.63, 3.8) is 0 Å². The molecular weight excluding hydrogens is 240 g/mol. The molecule has 2 fully saturated rings. The van der Waals surface area contributed by atoms with Crippen molar-refractivity contribution in [3.8, 4) is 0 Å². The number of likely N-dealkylation sites (tertiary alicyclic amines) is 1. The van der Waals surface area contributed by atoms with Crippen LogP contribution in [0, 0.1) is 5.92 Å². The largest absolute Gasteiger partial charge is 0.306 e. The monoisotopic (exact) mass is 264 g/mol. The quantitative estimate of drug-likeness (QED) is 0.878. The van der Waals surface area contributed by atoms with Gasteiger partial charge < -0.3 is 10.2 Å². The van der Waals surface area contributed by atoms with Crippen molar-refractivity contribution >= 4 is 11.3 Å². The fraction of sp³-hybridized carbons (Fsp3) is 0.733. The second kappa shape index (κ2) is 5.72. The van der Waals surface area contributed by atoms with Crippen molar-refractivity contribution in [2.45, 2.75) is 44.7 Å². The Labute approximate surface area is 114 Å². The van der Waals surface area contributed by atoms with Crippen LogP contribution in [0.1, 0.15) is 43.5 Å². The molecule has 1 atom stereocenters. The summed E-state index contributed by atoms with van der Waals surface area (Å²) in [4.78, 5) is 4.12. The Bertz CT molecular complexity index is 351. The second-order valence-electron chi connectivity index (χ2n) is 5.71. The van der Waals surface area contributed by atoms with Crippen LogP contribution in [0.2, 0.25) is 0 Å². The lowest BCUT2D eigenvalue weighted by atomic mass is 10.0. The Morgan fingerprint density at radius 2 is 2.11 bits per heavy atom. The molecule has 1 unspecified atom stereocenters. The van der Waals surface area contributed by atoms with Crippen LogP contribution in [-0.2, 0) is 0 Å². The molecule has 18 heavy (non-hydrogen) atoms. The summed E-state index contributed by atoms with van der Waals surface area (Å²) in [6, 6.07) is 5.88. The maximum atomic E-state index is 3.95. The minimum absolute atomic E-state index is 0.642. The van der Waals surface area contributed by atoms with E-state index < -0.39 is 0 Å². The molecule has 1 aromatic rings. The molecule has 1 saturated carbocycles. The van der Waals surface area contributed by atoms with E-state index in [2.05, 4.69) is 34.7 Å². The Morgan fingerprint density at radius 1 is 1.33 bits per heavy atom. The summed E-state index contributed by atoms with van der Waals surface area (Å²) >= 11 is 1.92. The summed E-state index contributed by atoms with van der Waals surface area (Å²) in [6.07, 6.45) is 5.48. The lowest BCUT2D eigenvalue weighted by molar-refractivity contribution is 0.196. The Hall–Kier alpha value is -0.380.